The number of nitrogens with one attached hydrogen (secondary N) is 9. The van der Waals surface area contributed by atoms with Crippen molar-refractivity contribution in [1.82, 2.24) is 47.9 Å². The highest BCUT2D eigenvalue weighted by atomic mass is 16.4. The van der Waals surface area contributed by atoms with E-state index in [-0.39, 0.29) is 38.0 Å². The smallest absolute Gasteiger partial charge is 0.326 e. The number of carbonyl (C=O) groups is 12. The van der Waals surface area contributed by atoms with Crippen LogP contribution in [0.25, 0.3) is 0 Å². The number of aromatic hydroxyl groups is 1. The lowest BCUT2D eigenvalue weighted by Crippen LogP contribution is -2.63. The Hall–Kier alpha value is -8.32. The second kappa shape index (κ2) is 33.9. The zero-order valence-corrected chi connectivity index (χ0v) is 44.5. The van der Waals surface area contributed by atoms with Gasteiger partial charge in [0, 0.05) is 12.8 Å². The molecule has 2 aromatic carbocycles. The molecule has 0 fully saturated rings. The fourth-order valence-corrected chi connectivity index (χ4v) is 7.57. The highest BCUT2D eigenvalue weighted by Crippen LogP contribution is 2.14. The quantitative estimate of drug-likeness (QED) is 0.0285. The molecule has 0 aliphatic heterocycles. The summed E-state index contributed by atoms with van der Waals surface area (Å²) in [5.74, 6) is -15.2. The predicted octanol–water partition coefficient (Wildman–Crippen LogP) is -6.53. The molecule has 0 aromatic heterocycles. The van der Waals surface area contributed by atoms with Gasteiger partial charge < -0.3 is 95.7 Å². The fraction of sp³-hybridized carbons (Fsp3) is 0.520. The Morgan fingerprint density at radius 3 is 1.38 bits per heavy atom. The van der Waals surface area contributed by atoms with Gasteiger partial charge in [-0.1, -0.05) is 56.3 Å². The molecule has 80 heavy (non-hydrogen) atoms. The number of carbonyl (C=O) groups excluding carboxylic acids is 10. The molecule has 2 aromatic rings. The molecule has 30 heteroatoms. The van der Waals surface area contributed by atoms with Crippen LogP contribution in [0.15, 0.2) is 54.6 Å². The standard InChI is InChI=1S/C50H74N12O18/c1-24(2)39(47(76)55-30(12-8-9-17-51)42(71)58-34(50(79)80)20-36(53)67)60-45(74)33(21-38(69)70)56-46(75)35(23-63)59-49(78)41(26(4)65)62-44(73)32(18-27-10-6-5-7-11-27)57-48(77)40(25(3)64)61-43(72)31(54-37(68)22-52)19-28-13-15-29(66)16-14-28/h5-7,10-11,13-16,24-26,30-35,39-41,63-66H,8-9,12,17-23,51-52H2,1-4H3,(H2,53,67)(H,54,68)(H,55,76)(H,56,75)(H,57,77)(H,58,71)(H,59,78)(H,60,74)(H,61,72)(H,62,73)(H,69,70)(H,79,80)/t25-,26-,30+,31+,32+,33+,34+,35+,39+,40+,41+/m1/s1. The number of primary amides is 1. The molecule has 2 rings (SSSR count). The topological polar surface area (TPSA) is 513 Å². The van der Waals surface area contributed by atoms with Gasteiger partial charge in [-0.15, -0.1) is 0 Å². The average Bonchev–Trinajstić information content (AvgIpc) is 3.38. The third kappa shape index (κ3) is 23.3. The Bertz CT molecular complexity index is 2460. The number of benzene rings is 2. The summed E-state index contributed by atoms with van der Waals surface area (Å²) in [4.78, 5) is 157. The number of nitrogens with two attached hydrogens (primary N) is 3. The van der Waals surface area contributed by atoms with E-state index in [1.54, 1.807) is 30.3 Å². The van der Waals surface area contributed by atoms with Crippen LogP contribution < -0.4 is 65.1 Å². The van der Waals surface area contributed by atoms with Gasteiger partial charge in [0.15, 0.2) is 0 Å². The van der Waals surface area contributed by atoms with Gasteiger partial charge in [0.1, 0.15) is 60.1 Å². The first-order chi connectivity index (χ1) is 37.6. The number of rotatable bonds is 35. The van der Waals surface area contributed by atoms with Gasteiger partial charge in [0.05, 0.1) is 38.2 Å². The highest BCUT2D eigenvalue weighted by molar-refractivity contribution is 5.99. The molecule has 0 heterocycles. The SMILES string of the molecule is CC(C)[C@H](NC(=O)[C@H](CC(=O)O)NC(=O)[C@H](CO)NC(=O)[C@@H](NC(=O)[C@H](Cc1ccccc1)NC(=O)[C@@H](NC(=O)[C@H](Cc1ccc(O)cc1)NC(=O)CN)[C@@H](C)O)[C@@H](C)O)C(=O)N[C@@H](CCCCN)C(=O)N[C@@H](CC(N)=O)C(=O)O. The molecule has 21 N–H and O–H groups in total. The molecule has 0 aliphatic rings. The van der Waals surface area contributed by atoms with E-state index in [1.165, 1.54) is 38.1 Å². The molecule has 0 unspecified atom stereocenters. The molecule has 30 nitrogen and oxygen atoms in total. The van der Waals surface area contributed by atoms with Gasteiger partial charge in [-0.2, -0.15) is 0 Å². The number of amides is 10. The Morgan fingerprint density at radius 1 is 0.487 bits per heavy atom. The third-order valence-corrected chi connectivity index (χ3v) is 11.9. The van der Waals surface area contributed by atoms with Gasteiger partial charge in [0.25, 0.3) is 0 Å². The summed E-state index contributed by atoms with van der Waals surface area (Å²) in [5.41, 5.74) is 17.1. The number of hydrogen-bond acceptors (Lipinski definition) is 18. The zero-order chi connectivity index (χ0) is 60.4. The number of aliphatic hydroxyl groups excluding tert-OH is 3. The van der Waals surface area contributed by atoms with E-state index in [0.717, 1.165) is 13.8 Å². The molecule has 442 valence electrons. The molecule has 0 saturated carbocycles. The maximum absolute atomic E-state index is 14.1. The first kappa shape index (κ1) is 67.8. The van der Waals surface area contributed by atoms with Crippen LogP contribution in [0, 0.1) is 5.92 Å². The summed E-state index contributed by atoms with van der Waals surface area (Å²) in [5, 5.41) is 81.2. The van der Waals surface area contributed by atoms with E-state index in [1.807, 2.05) is 0 Å². The average molecular weight is 1130 g/mol. The van der Waals surface area contributed by atoms with Crippen LogP contribution in [0.3, 0.4) is 0 Å². The number of carboxylic acids is 2. The molecule has 0 saturated heterocycles. The molecule has 10 amide bonds. The van der Waals surface area contributed by atoms with Crippen LogP contribution in [0.1, 0.15) is 70.9 Å². The molecular formula is C50H74N12O18. The van der Waals surface area contributed by atoms with E-state index in [9.17, 15) is 88.2 Å². The highest BCUT2D eigenvalue weighted by Gasteiger charge is 2.38. The predicted molar refractivity (Wildman–Crippen MR) is 280 cm³/mol. The number of phenols is 1. The first-order valence-corrected chi connectivity index (χ1v) is 25.3. The molecule has 11 atom stereocenters. The van der Waals surface area contributed by atoms with Crippen molar-refractivity contribution >= 4 is 71.0 Å². The normalized spacial score (nSPS) is 15.2. The van der Waals surface area contributed by atoms with Gasteiger partial charge in [-0.3, -0.25) is 52.7 Å². The van der Waals surface area contributed by atoms with Crippen LogP contribution >= 0.6 is 0 Å². The van der Waals surface area contributed by atoms with Crippen molar-refractivity contribution in [2.45, 2.75) is 139 Å². The van der Waals surface area contributed by atoms with Crippen molar-refractivity contribution in [3.63, 3.8) is 0 Å². The largest absolute Gasteiger partial charge is 0.508 e. The second-order valence-electron chi connectivity index (χ2n) is 18.9. The lowest BCUT2D eigenvalue weighted by molar-refractivity contribution is -0.144. The lowest BCUT2D eigenvalue weighted by atomic mass is 10.0. The Balaban J connectivity index is 2.36. The molecular weight excluding hydrogens is 1060 g/mol. The molecule has 0 aliphatic carbocycles. The number of hydrogen-bond donors (Lipinski definition) is 18. The minimum atomic E-state index is -2.02. The van der Waals surface area contributed by atoms with Crippen molar-refractivity contribution in [3.8, 4) is 5.75 Å². The van der Waals surface area contributed by atoms with Crippen molar-refractivity contribution < 1.29 is 88.2 Å². The summed E-state index contributed by atoms with van der Waals surface area (Å²) in [6.07, 6.45) is -5.27. The van der Waals surface area contributed by atoms with Gasteiger partial charge in [0.2, 0.25) is 59.1 Å². The lowest BCUT2D eigenvalue weighted by Gasteiger charge is -2.29. The van der Waals surface area contributed by atoms with Crippen molar-refractivity contribution in [2.24, 2.45) is 23.1 Å². The van der Waals surface area contributed by atoms with E-state index >= 15 is 0 Å². The minimum absolute atomic E-state index is 0.0790. The summed E-state index contributed by atoms with van der Waals surface area (Å²) < 4.78 is 0. The summed E-state index contributed by atoms with van der Waals surface area (Å²) in [7, 11) is 0. The van der Waals surface area contributed by atoms with E-state index in [2.05, 4.69) is 47.9 Å². The molecule has 0 spiro atoms. The van der Waals surface area contributed by atoms with Crippen LogP contribution in [0.5, 0.6) is 5.75 Å². The summed E-state index contributed by atoms with van der Waals surface area (Å²) in [6, 6.07) is -1.92. The Kier molecular flexibility index (Phi) is 28.7. The number of phenolic OH excluding ortho intramolecular Hbond substituents is 1. The number of carboxylic acid groups (broad SMARTS) is 2. The fourth-order valence-electron chi connectivity index (χ4n) is 7.57. The number of aliphatic hydroxyl groups is 3. The minimum Gasteiger partial charge on any atom is -0.508 e. The first-order valence-electron chi connectivity index (χ1n) is 25.3. The molecule has 0 bridgehead atoms. The van der Waals surface area contributed by atoms with Crippen LogP contribution in [-0.4, -0.2) is 188 Å². The number of unbranched alkanes of at least 4 members (excludes halogenated alkanes) is 1. The summed E-state index contributed by atoms with van der Waals surface area (Å²) in [6.45, 7) is 3.56. The van der Waals surface area contributed by atoms with Crippen LogP contribution in [-0.2, 0) is 70.4 Å². The maximum Gasteiger partial charge on any atom is 0.326 e. The van der Waals surface area contributed by atoms with E-state index < -0.39 is 170 Å². The van der Waals surface area contributed by atoms with Crippen LogP contribution in [0.4, 0.5) is 0 Å². The maximum atomic E-state index is 14.1. The van der Waals surface area contributed by atoms with Crippen molar-refractivity contribution in [2.75, 3.05) is 19.7 Å². The number of aliphatic carboxylic acids is 2. The van der Waals surface area contributed by atoms with Gasteiger partial charge in [-0.05, 0) is 68.8 Å². The van der Waals surface area contributed by atoms with E-state index in [0.29, 0.717) is 17.5 Å². The second-order valence-corrected chi connectivity index (χ2v) is 18.9. The summed E-state index contributed by atoms with van der Waals surface area (Å²) >= 11 is 0. The van der Waals surface area contributed by atoms with Crippen molar-refractivity contribution in [3.05, 3.63) is 65.7 Å². The van der Waals surface area contributed by atoms with Crippen LogP contribution in [0.2, 0.25) is 0 Å². The monoisotopic (exact) mass is 1130 g/mol. The zero-order valence-electron chi connectivity index (χ0n) is 44.5. The van der Waals surface area contributed by atoms with Crippen molar-refractivity contribution in [1.29, 1.82) is 0 Å². The van der Waals surface area contributed by atoms with E-state index in [4.69, 9.17) is 17.2 Å². The third-order valence-electron chi connectivity index (χ3n) is 11.9. The Labute approximate surface area is 459 Å². The van der Waals surface area contributed by atoms with Gasteiger partial charge in [-0.25, -0.2) is 4.79 Å². The Morgan fingerprint density at radius 2 is 0.912 bits per heavy atom. The van der Waals surface area contributed by atoms with Gasteiger partial charge >= 0.3 is 11.9 Å². The molecule has 0 radical (unpaired) electrons.